The molecule has 0 aromatic heterocycles. The number of piperidine rings is 1. The second kappa shape index (κ2) is 13.2. The van der Waals surface area contributed by atoms with Crippen molar-refractivity contribution in [1.82, 2.24) is 15.5 Å². The quantitative estimate of drug-likeness (QED) is 0.306. The Morgan fingerprint density at radius 2 is 1.88 bits per heavy atom. The van der Waals surface area contributed by atoms with E-state index in [0.29, 0.717) is 6.54 Å². The van der Waals surface area contributed by atoms with Crippen LogP contribution >= 0.6 is 24.0 Å². The van der Waals surface area contributed by atoms with Crippen LogP contribution in [-0.2, 0) is 0 Å². The van der Waals surface area contributed by atoms with Crippen LogP contribution in [0.3, 0.4) is 0 Å². The van der Waals surface area contributed by atoms with E-state index in [9.17, 15) is 5.11 Å². The minimum absolute atomic E-state index is 0. The summed E-state index contributed by atoms with van der Waals surface area (Å²) in [6.07, 6.45) is 3.35. The first-order valence-electron chi connectivity index (χ1n) is 9.29. The largest absolute Gasteiger partial charge is 0.497 e. The van der Waals surface area contributed by atoms with Crippen LogP contribution in [0.1, 0.15) is 37.9 Å². The van der Waals surface area contributed by atoms with Gasteiger partial charge in [-0.25, -0.2) is 0 Å². The van der Waals surface area contributed by atoms with E-state index in [1.165, 1.54) is 32.4 Å². The molecule has 1 atom stereocenters. The van der Waals surface area contributed by atoms with Crippen LogP contribution in [-0.4, -0.2) is 62.3 Å². The Kier molecular flexibility index (Phi) is 11.6. The van der Waals surface area contributed by atoms with E-state index in [-0.39, 0.29) is 24.0 Å². The zero-order valence-corrected chi connectivity index (χ0v) is 18.2. The second-order valence-electron chi connectivity index (χ2n) is 6.34. The summed E-state index contributed by atoms with van der Waals surface area (Å²) in [5.74, 6) is 1.54. The number of aliphatic imine (C=N–C) groups is 1. The molecule has 1 aliphatic heterocycles. The Hall–Kier alpha value is -1.06. The zero-order chi connectivity index (χ0) is 17.9. The molecule has 7 heteroatoms. The smallest absolute Gasteiger partial charge is 0.191 e. The van der Waals surface area contributed by atoms with Crippen LogP contribution in [0.25, 0.3) is 0 Å². The van der Waals surface area contributed by atoms with Crippen LogP contribution in [0, 0.1) is 0 Å². The van der Waals surface area contributed by atoms with E-state index in [4.69, 9.17) is 4.74 Å². The maximum Gasteiger partial charge on any atom is 0.191 e. The Bertz CT molecular complexity index is 519. The monoisotopic (exact) mass is 476 g/mol. The number of benzene rings is 1. The lowest BCUT2D eigenvalue weighted by Gasteiger charge is -2.26. The standard InChI is InChI=1S/C19H32N4O2.HI/c1-3-20-19(21-11-14-23-12-5-4-6-13-23)22-15-18(24)16-7-9-17(25-2)10-8-16;/h7-10,18,24H,3-6,11-15H2,1-2H3,(H2,20,21,22);1H. The van der Waals surface area contributed by atoms with E-state index in [1.54, 1.807) is 7.11 Å². The molecule has 2 rings (SSSR count). The summed E-state index contributed by atoms with van der Waals surface area (Å²) >= 11 is 0. The number of hydrogen-bond acceptors (Lipinski definition) is 4. The summed E-state index contributed by atoms with van der Waals surface area (Å²) in [7, 11) is 1.63. The minimum atomic E-state index is -0.622. The third kappa shape index (κ3) is 8.09. The van der Waals surface area contributed by atoms with Crippen molar-refractivity contribution in [3.8, 4) is 5.75 Å². The van der Waals surface area contributed by atoms with Crippen molar-refractivity contribution < 1.29 is 9.84 Å². The Morgan fingerprint density at radius 3 is 2.50 bits per heavy atom. The lowest BCUT2D eigenvalue weighted by molar-refractivity contribution is 0.187. The molecule has 0 radical (unpaired) electrons. The first-order valence-corrected chi connectivity index (χ1v) is 9.29. The summed E-state index contributed by atoms with van der Waals surface area (Å²) in [6.45, 7) is 7.47. The van der Waals surface area contributed by atoms with Gasteiger partial charge < -0.3 is 25.4 Å². The van der Waals surface area contributed by atoms with Crippen LogP contribution in [0.15, 0.2) is 29.3 Å². The van der Waals surface area contributed by atoms with E-state index >= 15 is 0 Å². The normalized spacial score (nSPS) is 16.5. The topological polar surface area (TPSA) is 69.1 Å². The third-order valence-corrected chi connectivity index (χ3v) is 4.44. The van der Waals surface area contributed by atoms with Gasteiger partial charge in [0, 0.05) is 19.6 Å². The van der Waals surface area contributed by atoms with Crippen molar-refractivity contribution in [3.63, 3.8) is 0 Å². The predicted molar refractivity (Wildman–Crippen MR) is 118 cm³/mol. The highest BCUT2D eigenvalue weighted by molar-refractivity contribution is 14.0. The lowest BCUT2D eigenvalue weighted by atomic mass is 10.1. The number of guanidine groups is 1. The van der Waals surface area contributed by atoms with Crippen molar-refractivity contribution in [2.45, 2.75) is 32.3 Å². The second-order valence-corrected chi connectivity index (χ2v) is 6.34. The molecule has 6 nitrogen and oxygen atoms in total. The van der Waals surface area contributed by atoms with Gasteiger partial charge in [0.15, 0.2) is 5.96 Å². The number of hydrogen-bond donors (Lipinski definition) is 3. The molecule has 0 amide bonds. The van der Waals surface area contributed by atoms with Gasteiger partial charge in [-0.2, -0.15) is 0 Å². The van der Waals surface area contributed by atoms with Gasteiger partial charge in [-0.05, 0) is 50.6 Å². The number of ether oxygens (including phenoxy) is 1. The SMILES string of the molecule is CCNC(=NCC(O)c1ccc(OC)cc1)NCCN1CCCCC1.I. The van der Waals surface area contributed by atoms with Gasteiger partial charge in [0.25, 0.3) is 0 Å². The van der Waals surface area contributed by atoms with Crippen molar-refractivity contribution in [1.29, 1.82) is 0 Å². The Morgan fingerprint density at radius 1 is 1.19 bits per heavy atom. The van der Waals surface area contributed by atoms with Crippen LogP contribution in [0.5, 0.6) is 5.75 Å². The number of nitrogens with zero attached hydrogens (tertiary/aromatic N) is 2. The molecule has 1 unspecified atom stereocenters. The number of rotatable bonds is 8. The Labute approximate surface area is 174 Å². The summed E-state index contributed by atoms with van der Waals surface area (Å²) < 4.78 is 5.14. The number of aliphatic hydroxyl groups is 1. The first-order chi connectivity index (χ1) is 12.2. The maximum absolute atomic E-state index is 10.3. The summed E-state index contributed by atoms with van der Waals surface area (Å²) in [6, 6.07) is 7.44. The average molecular weight is 476 g/mol. The molecule has 148 valence electrons. The zero-order valence-electron chi connectivity index (χ0n) is 15.9. The highest BCUT2D eigenvalue weighted by Crippen LogP contribution is 2.17. The highest BCUT2D eigenvalue weighted by Gasteiger charge is 2.10. The Balaban J connectivity index is 0.00000338. The fourth-order valence-corrected chi connectivity index (χ4v) is 2.97. The van der Waals surface area contributed by atoms with E-state index < -0.39 is 6.10 Å². The minimum Gasteiger partial charge on any atom is -0.497 e. The molecule has 26 heavy (non-hydrogen) atoms. The van der Waals surface area contributed by atoms with Crippen molar-refractivity contribution in [3.05, 3.63) is 29.8 Å². The van der Waals surface area contributed by atoms with Crippen molar-refractivity contribution in [2.75, 3.05) is 46.4 Å². The number of likely N-dealkylation sites (tertiary alicyclic amines) is 1. The third-order valence-electron chi connectivity index (χ3n) is 4.44. The molecule has 0 bridgehead atoms. The number of halogens is 1. The lowest BCUT2D eigenvalue weighted by Crippen LogP contribution is -2.42. The summed E-state index contributed by atoms with van der Waals surface area (Å²) in [4.78, 5) is 7.00. The molecule has 1 heterocycles. The molecule has 1 aromatic carbocycles. The molecule has 1 fully saturated rings. The van der Waals surface area contributed by atoms with E-state index in [0.717, 1.165) is 36.9 Å². The van der Waals surface area contributed by atoms with Crippen LogP contribution < -0.4 is 15.4 Å². The van der Waals surface area contributed by atoms with Crippen molar-refractivity contribution >= 4 is 29.9 Å². The predicted octanol–water partition coefficient (Wildman–Crippen LogP) is 2.39. The van der Waals surface area contributed by atoms with Crippen molar-refractivity contribution in [2.24, 2.45) is 4.99 Å². The molecular weight excluding hydrogens is 443 g/mol. The summed E-state index contributed by atoms with van der Waals surface area (Å²) in [5.41, 5.74) is 0.841. The number of nitrogens with one attached hydrogen (secondary N) is 2. The van der Waals surface area contributed by atoms with Crippen LogP contribution in [0.2, 0.25) is 0 Å². The molecule has 0 saturated carbocycles. The van der Waals surface area contributed by atoms with Gasteiger partial charge in [-0.3, -0.25) is 4.99 Å². The number of methoxy groups -OCH3 is 1. The number of aliphatic hydroxyl groups excluding tert-OH is 1. The highest BCUT2D eigenvalue weighted by atomic mass is 127. The summed E-state index contributed by atoms with van der Waals surface area (Å²) in [5, 5.41) is 16.9. The molecule has 3 N–H and O–H groups in total. The van der Waals surface area contributed by atoms with E-state index in [2.05, 4.69) is 20.5 Å². The van der Waals surface area contributed by atoms with Gasteiger partial charge >= 0.3 is 0 Å². The van der Waals surface area contributed by atoms with Crippen LogP contribution in [0.4, 0.5) is 0 Å². The molecular formula is C19H33IN4O2. The molecule has 0 aliphatic carbocycles. The van der Waals surface area contributed by atoms with Gasteiger partial charge in [-0.1, -0.05) is 18.6 Å². The fourth-order valence-electron chi connectivity index (χ4n) is 2.97. The first kappa shape index (κ1) is 23.0. The molecule has 1 saturated heterocycles. The molecule has 0 spiro atoms. The van der Waals surface area contributed by atoms with Gasteiger partial charge in [0.05, 0.1) is 19.8 Å². The fraction of sp³-hybridized carbons (Fsp3) is 0.632. The van der Waals surface area contributed by atoms with Gasteiger partial charge in [0.1, 0.15) is 5.75 Å². The molecule has 1 aliphatic rings. The molecule has 1 aromatic rings. The van der Waals surface area contributed by atoms with Gasteiger partial charge in [-0.15, -0.1) is 24.0 Å². The van der Waals surface area contributed by atoms with E-state index in [1.807, 2.05) is 31.2 Å². The van der Waals surface area contributed by atoms with Gasteiger partial charge in [0.2, 0.25) is 0 Å². The average Bonchev–Trinajstić information content (AvgIpc) is 2.66. The maximum atomic E-state index is 10.3.